The maximum Gasteiger partial charge on any atom is 0.279 e. The van der Waals surface area contributed by atoms with Gasteiger partial charge in [0, 0.05) is 20.1 Å². The minimum atomic E-state index is -3.33. The quantitative estimate of drug-likeness (QED) is 0.838. The summed E-state index contributed by atoms with van der Waals surface area (Å²) in [6.07, 6.45) is 0.688. The Bertz CT molecular complexity index is 415. The van der Waals surface area contributed by atoms with Gasteiger partial charge in [-0.3, -0.25) is 0 Å². The van der Waals surface area contributed by atoms with E-state index in [4.69, 9.17) is 0 Å². The van der Waals surface area contributed by atoms with E-state index in [1.165, 1.54) is 18.4 Å². The topological polar surface area (TPSA) is 49.4 Å². The molecule has 5 heteroatoms. The highest BCUT2D eigenvalue weighted by molar-refractivity contribution is 7.87. The summed E-state index contributed by atoms with van der Waals surface area (Å²) in [6.45, 7) is 1.86. The summed E-state index contributed by atoms with van der Waals surface area (Å²) in [4.78, 5) is 0. The summed E-state index contributed by atoms with van der Waals surface area (Å²) in [5.74, 6) is 0. The van der Waals surface area contributed by atoms with Crippen molar-refractivity contribution >= 4 is 10.2 Å². The fourth-order valence-corrected chi connectivity index (χ4v) is 2.17. The lowest BCUT2D eigenvalue weighted by atomic mass is 10.1. The molecule has 1 rings (SSSR count). The largest absolute Gasteiger partial charge is 0.279 e. The van der Waals surface area contributed by atoms with Crippen LogP contribution in [0, 0.1) is 0 Å². The fraction of sp³-hybridized carbons (Fsp3) is 0.455. The maximum absolute atomic E-state index is 11.5. The molecule has 4 nitrogen and oxygen atoms in total. The first-order valence-corrected chi connectivity index (χ1v) is 6.59. The van der Waals surface area contributed by atoms with Crippen LogP contribution in [0.25, 0.3) is 0 Å². The molecular formula is C11H18N2O2S. The number of nitrogens with zero attached hydrogens (tertiary/aromatic N) is 1. The monoisotopic (exact) mass is 242 g/mol. The average molecular weight is 242 g/mol. The molecule has 1 aromatic carbocycles. The van der Waals surface area contributed by atoms with Gasteiger partial charge in [0.25, 0.3) is 10.2 Å². The third kappa shape index (κ3) is 3.92. The molecule has 0 radical (unpaired) electrons. The van der Waals surface area contributed by atoms with Gasteiger partial charge < -0.3 is 0 Å². The second kappa shape index (κ2) is 5.43. The first-order valence-electron chi connectivity index (χ1n) is 5.15. The molecule has 0 saturated carbocycles. The highest BCUT2D eigenvalue weighted by Crippen LogP contribution is 2.04. The van der Waals surface area contributed by atoms with E-state index in [1.807, 2.05) is 37.3 Å². The Balaban J connectivity index is 2.58. The van der Waals surface area contributed by atoms with E-state index in [0.717, 1.165) is 5.56 Å². The van der Waals surface area contributed by atoms with Gasteiger partial charge in [0.15, 0.2) is 0 Å². The highest BCUT2D eigenvalue weighted by Gasteiger charge is 2.16. The van der Waals surface area contributed by atoms with Crippen LogP contribution in [0.1, 0.15) is 12.5 Å². The lowest BCUT2D eigenvalue weighted by Crippen LogP contribution is -2.41. The summed E-state index contributed by atoms with van der Waals surface area (Å²) < 4.78 is 26.9. The molecule has 0 unspecified atom stereocenters. The van der Waals surface area contributed by atoms with Crippen molar-refractivity contribution in [3.8, 4) is 0 Å². The normalized spacial score (nSPS) is 14.0. The zero-order valence-corrected chi connectivity index (χ0v) is 10.7. The van der Waals surface area contributed by atoms with Crippen molar-refractivity contribution in [1.82, 2.24) is 9.03 Å². The van der Waals surface area contributed by atoms with Crippen molar-refractivity contribution in [2.45, 2.75) is 19.4 Å². The van der Waals surface area contributed by atoms with E-state index in [-0.39, 0.29) is 6.04 Å². The van der Waals surface area contributed by atoms with E-state index in [9.17, 15) is 8.42 Å². The van der Waals surface area contributed by atoms with Crippen LogP contribution in [-0.2, 0) is 16.6 Å². The molecule has 0 fully saturated rings. The number of nitrogens with one attached hydrogen (secondary N) is 1. The van der Waals surface area contributed by atoms with E-state index in [2.05, 4.69) is 4.72 Å². The summed E-state index contributed by atoms with van der Waals surface area (Å²) in [7, 11) is -0.311. The molecule has 1 atom stereocenters. The first-order chi connectivity index (χ1) is 7.42. The molecule has 1 aromatic rings. The predicted octanol–water partition coefficient (Wildman–Crippen LogP) is 1.01. The van der Waals surface area contributed by atoms with Gasteiger partial charge in [0.2, 0.25) is 0 Å². The summed E-state index contributed by atoms with van der Waals surface area (Å²) in [5, 5.41) is 0. The zero-order valence-electron chi connectivity index (χ0n) is 9.84. The van der Waals surface area contributed by atoms with Gasteiger partial charge in [-0.05, 0) is 18.9 Å². The minimum absolute atomic E-state index is 0.116. The molecule has 0 saturated heterocycles. The Labute approximate surface area is 97.5 Å². The maximum atomic E-state index is 11.5. The molecule has 0 spiro atoms. The molecule has 16 heavy (non-hydrogen) atoms. The molecule has 0 heterocycles. The Morgan fingerprint density at radius 2 is 1.81 bits per heavy atom. The van der Waals surface area contributed by atoms with Crippen LogP contribution in [0.4, 0.5) is 0 Å². The second-order valence-corrected chi connectivity index (χ2v) is 5.91. The summed E-state index contributed by atoms with van der Waals surface area (Å²) >= 11 is 0. The van der Waals surface area contributed by atoms with Crippen LogP contribution >= 0.6 is 0 Å². The molecule has 0 aliphatic carbocycles. The number of hydrogen-bond acceptors (Lipinski definition) is 2. The number of hydrogen-bond donors (Lipinski definition) is 1. The Kier molecular flexibility index (Phi) is 4.46. The zero-order chi connectivity index (χ0) is 12.2. The van der Waals surface area contributed by atoms with Gasteiger partial charge >= 0.3 is 0 Å². The van der Waals surface area contributed by atoms with Crippen LogP contribution in [0.3, 0.4) is 0 Å². The minimum Gasteiger partial charge on any atom is -0.199 e. The predicted molar refractivity (Wildman–Crippen MR) is 65.4 cm³/mol. The van der Waals surface area contributed by atoms with E-state index in [1.54, 1.807) is 0 Å². The van der Waals surface area contributed by atoms with Gasteiger partial charge in [-0.25, -0.2) is 0 Å². The van der Waals surface area contributed by atoms with Gasteiger partial charge in [-0.2, -0.15) is 17.4 Å². The SMILES string of the molecule is C[C@H](Cc1ccccc1)NS(=O)(=O)N(C)C. The molecule has 1 N–H and O–H groups in total. The van der Waals surface area contributed by atoms with Crippen LogP contribution in [0.5, 0.6) is 0 Å². The Hall–Kier alpha value is -0.910. The molecule has 0 amide bonds. The summed E-state index contributed by atoms with van der Waals surface area (Å²) in [6, 6.07) is 9.69. The van der Waals surface area contributed by atoms with Crippen molar-refractivity contribution in [3.63, 3.8) is 0 Å². The highest BCUT2D eigenvalue weighted by atomic mass is 32.2. The van der Waals surface area contributed by atoms with E-state index >= 15 is 0 Å². The molecule has 0 aromatic heterocycles. The smallest absolute Gasteiger partial charge is 0.199 e. The number of benzene rings is 1. The van der Waals surface area contributed by atoms with E-state index < -0.39 is 10.2 Å². The molecular weight excluding hydrogens is 224 g/mol. The van der Waals surface area contributed by atoms with Crippen LogP contribution < -0.4 is 4.72 Å². The average Bonchev–Trinajstić information content (AvgIpc) is 2.17. The lowest BCUT2D eigenvalue weighted by Gasteiger charge is -2.17. The fourth-order valence-electron chi connectivity index (χ4n) is 1.37. The van der Waals surface area contributed by atoms with Gasteiger partial charge in [-0.1, -0.05) is 30.3 Å². The first kappa shape index (κ1) is 13.2. The van der Waals surface area contributed by atoms with Gasteiger partial charge in [-0.15, -0.1) is 0 Å². The molecule has 0 aliphatic heterocycles. The molecule has 90 valence electrons. The van der Waals surface area contributed by atoms with Crippen LogP contribution in [-0.4, -0.2) is 32.9 Å². The third-order valence-electron chi connectivity index (χ3n) is 2.22. The standard InChI is InChI=1S/C11H18N2O2S/c1-10(12-16(14,15)13(2)3)9-11-7-5-4-6-8-11/h4-8,10,12H,9H2,1-3H3/t10-/m1/s1. The van der Waals surface area contributed by atoms with Crippen molar-refractivity contribution in [2.24, 2.45) is 0 Å². The van der Waals surface area contributed by atoms with Gasteiger partial charge in [0.1, 0.15) is 0 Å². The lowest BCUT2D eigenvalue weighted by molar-refractivity contribution is 0.491. The second-order valence-electron chi connectivity index (χ2n) is 4.00. The van der Waals surface area contributed by atoms with Crippen molar-refractivity contribution < 1.29 is 8.42 Å². The van der Waals surface area contributed by atoms with E-state index in [0.29, 0.717) is 6.42 Å². The molecule has 0 aliphatic rings. The van der Waals surface area contributed by atoms with Gasteiger partial charge in [0.05, 0.1) is 0 Å². The van der Waals surface area contributed by atoms with Crippen molar-refractivity contribution in [2.75, 3.05) is 14.1 Å². The molecule has 0 bridgehead atoms. The third-order valence-corrected chi connectivity index (χ3v) is 3.88. The van der Waals surface area contributed by atoms with Crippen LogP contribution in [0.15, 0.2) is 30.3 Å². The van der Waals surface area contributed by atoms with Crippen molar-refractivity contribution in [3.05, 3.63) is 35.9 Å². The summed E-state index contributed by atoms with van der Waals surface area (Å²) in [5.41, 5.74) is 1.12. The van der Waals surface area contributed by atoms with Crippen LogP contribution in [0.2, 0.25) is 0 Å². The Morgan fingerprint density at radius 3 is 2.31 bits per heavy atom. The Morgan fingerprint density at radius 1 is 1.25 bits per heavy atom. The number of rotatable bonds is 5. The van der Waals surface area contributed by atoms with Crippen molar-refractivity contribution in [1.29, 1.82) is 0 Å².